The van der Waals surface area contributed by atoms with Gasteiger partial charge in [0.1, 0.15) is 11.3 Å². The summed E-state index contributed by atoms with van der Waals surface area (Å²) in [5.74, 6) is 1.03. The van der Waals surface area contributed by atoms with E-state index in [1.165, 1.54) is 12.8 Å². The largest absolute Gasteiger partial charge is 0.366 e. The summed E-state index contributed by atoms with van der Waals surface area (Å²) in [6, 6.07) is 6.20. The molecule has 3 rings (SSSR count). The van der Waals surface area contributed by atoms with Crippen molar-refractivity contribution in [2.24, 2.45) is 5.73 Å². The number of imidazole rings is 1. The second kappa shape index (κ2) is 5.48. The van der Waals surface area contributed by atoms with Crippen LogP contribution in [-0.2, 0) is 0 Å². The minimum atomic E-state index is -0.421. The molecule has 21 heavy (non-hydrogen) atoms. The molecular formula is C16H22N4O. The third-order valence-electron chi connectivity index (χ3n) is 4.61. The molecule has 2 aromatic rings. The molecule has 0 spiro atoms. The molecule has 0 bridgehead atoms. The average molecular weight is 286 g/mol. The number of para-hydroxylation sites is 1. The Morgan fingerprint density at radius 2 is 2.00 bits per heavy atom. The van der Waals surface area contributed by atoms with E-state index in [-0.39, 0.29) is 0 Å². The summed E-state index contributed by atoms with van der Waals surface area (Å²) >= 11 is 0. The Labute approximate surface area is 124 Å². The quantitative estimate of drug-likeness (QED) is 0.908. The van der Waals surface area contributed by atoms with Crippen LogP contribution in [0.15, 0.2) is 18.2 Å². The van der Waals surface area contributed by atoms with E-state index in [1.807, 2.05) is 12.1 Å². The van der Waals surface area contributed by atoms with Gasteiger partial charge in [-0.2, -0.15) is 0 Å². The summed E-state index contributed by atoms with van der Waals surface area (Å²) in [6.07, 6.45) is 4.65. The van der Waals surface area contributed by atoms with E-state index >= 15 is 0 Å². The van der Waals surface area contributed by atoms with Gasteiger partial charge in [0, 0.05) is 12.0 Å². The lowest BCUT2D eigenvalue weighted by atomic mass is 9.85. The van der Waals surface area contributed by atoms with E-state index in [2.05, 4.69) is 29.0 Å². The number of carbonyl (C=O) groups excluding carboxylic acids is 1. The van der Waals surface area contributed by atoms with Gasteiger partial charge in [0.25, 0.3) is 5.91 Å². The zero-order valence-electron chi connectivity index (χ0n) is 12.6. The number of benzene rings is 1. The predicted octanol–water partition coefficient (Wildman–Crippen LogP) is 2.25. The minimum Gasteiger partial charge on any atom is -0.366 e. The van der Waals surface area contributed by atoms with Gasteiger partial charge >= 0.3 is 0 Å². The Bertz CT molecular complexity index is 653. The van der Waals surface area contributed by atoms with Gasteiger partial charge in [0.05, 0.1) is 11.1 Å². The van der Waals surface area contributed by atoms with Crippen molar-refractivity contribution in [1.29, 1.82) is 0 Å². The smallest absolute Gasteiger partial charge is 0.250 e. The van der Waals surface area contributed by atoms with Crippen LogP contribution in [0.2, 0.25) is 0 Å². The maximum absolute atomic E-state index is 11.5. The van der Waals surface area contributed by atoms with E-state index in [0.717, 1.165) is 24.2 Å². The Hall–Kier alpha value is -1.88. The summed E-state index contributed by atoms with van der Waals surface area (Å²) in [5.41, 5.74) is 7.52. The van der Waals surface area contributed by atoms with Gasteiger partial charge in [-0.25, -0.2) is 4.98 Å². The standard InChI is InChI=1S/C16H22N4O/c1-20(2)11-8-6-10(7-9-11)16-18-13-5-3-4-12(15(17)21)14(13)19-16/h3-5,10-11H,6-9H2,1-2H3,(H2,17,21)(H,18,19). The molecule has 0 radical (unpaired) electrons. The number of primary amides is 1. The van der Waals surface area contributed by atoms with Gasteiger partial charge < -0.3 is 15.6 Å². The predicted molar refractivity (Wildman–Crippen MR) is 83.3 cm³/mol. The van der Waals surface area contributed by atoms with Gasteiger partial charge in [0.2, 0.25) is 0 Å². The molecule has 1 heterocycles. The first kappa shape index (κ1) is 14.1. The monoisotopic (exact) mass is 286 g/mol. The summed E-state index contributed by atoms with van der Waals surface area (Å²) in [6.45, 7) is 0. The second-order valence-electron chi connectivity index (χ2n) is 6.16. The fraction of sp³-hybridized carbons (Fsp3) is 0.500. The number of nitrogens with one attached hydrogen (secondary N) is 1. The molecule has 112 valence electrons. The fourth-order valence-electron chi connectivity index (χ4n) is 3.31. The molecule has 1 aromatic carbocycles. The van der Waals surface area contributed by atoms with Crippen LogP contribution in [0.3, 0.4) is 0 Å². The maximum atomic E-state index is 11.5. The summed E-state index contributed by atoms with van der Waals surface area (Å²) in [5, 5.41) is 0. The maximum Gasteiger partial charge on any atom is 0.250 e. The summed E-state index contributed by atoms with van der Waals surface area (Å²) in [4.78, 5) is 21.8. The third kappa shape index (κ3) is 2.65. The van der Waals surface area contributed by atoms with E-state index in [1.54, 1.807) is 6.07 Å². The number of amides is 1. The first-order valence-electron chi connectivity index (χ1n) is 7.51. The van der Waals surface area contributed by atoms with Gasteiger partial charge in [-0.05, 0) is 51.9 Å². The van der Waals surface area contributed by atoms with Gasteiger partial charge in [-0.1, -0.05) is 6.07 Å². The van der Waals surface area contributed by atoms with Crippen LogP contribution in [-0.4, -0.2) is 40.9 Å². The van der Waals surface area contributed by atoms with Crippen molar-refractivity contribution in [3.05, 3.63) is 29.6 Å². The molecule has 0 aliphatic heterocycles. The highest BCUT2D eigenvalue weighted by Gasteiger charge is 2.26. The van der Waals surface area contributed by atoms with Crippen molar-refractivity contribution in [2.45, 2.75) is 37.6 Å². The number of aromatic amines is 1. The van der Waals surface area contributed by atoms with Crippen LogP contribution >= 0.6 is 0 Å². The summed E-state index contributed by atoms with van der Waals surface area (Å²) < 4.78 is 0. The van der Waals surface area contributed by atoms with Crippen molar-refractivity contribution in [3.8, 4) is 0 Å². The van der Waals surface area contributed by atoms with Crippen LogP contribution in [0.1, 0.15) is 47.8 Å². The number of hydrogen-bond donors (Lipinski definition) is 2. The molecule has 1 aromatic heterocycles. The Kier molecular flexibility index (Phi) is 3.68. The second-order valence-corrected chi connectivity index (χ2v) is 6.16. The van der Waals surface area contributed by atoms with Crippen LogP contribution in [0.5, 0.6) is 0 Å². The van der Waals surface area contributed by atoms with Crippen LogP contribution in [0.25, 0.3) is 11.0 Å². The Morgan fingerprint density at radius 3 is 2.62 bits per heavy atom. The molecule has 1 amide bonds. The van der Waals surface area contributed by atoms with E-state index in [4.69, 9.17) is 5.73 Å². The molecule has 0 unspecified atom stereocenters. The van der Waals surface area contributed by atoms with E-state index < -0.39 is 5.91 Å². The molecule has 3 N–H and O–H groups in total. The molecule has 1 aliphatic carbocycles. The number of rotatable bonds is 3. The molecule has 1 saturated carbocycles. The Morgan fingerprint density at radius 1 is 1.29 bits per heavy atom. The van der Waals surface area contributed by atoms with E-state index in [0.29, 0.717) is 23.0 Å². The first-order valence-corrected chi connectivity index (χ1v) is 7.51. The van der Waals surface area contributed by atoms with Crippen molar-refractivity contribution in [1.82, 2.24) is 14.9 Å². The van der Waals surface area contributed by atoms with E-state index in [9.17, 15) is 4.79 Å². The van der Waals surface area contributed by atoms with Gasteiger partial charge in [-0.15, -0.1) is 0 Å². The number of nitrogens with two attached hydrogens (primary N) is 1. The number of carbonyl (C=O) groups is 1. The van der Waals surface area contributed by atoms with Crippen LogP contribution in [0.4, 0.5) is 0 Å². The van der Waals surface area contributed by atoms with Gasteiger partial charge in [0.15, 0.2) is 0 Å². The normalized spacial score (nSPS) is 22.8. The number of aromatic nitrogens is 2. The third-order valence-corrected chi connectivity index (χ3v) is 4.61. The van der Waals surface area contributed by atoms with Crippen molar-refractivity contribution in [2.75, 3.05) is 14.1 Å². The lowest BCUT2D eigenvalue weighted by molar-refractivity contribution is 0.100. The zero-order chi connectivity index (χ0) is 15.0. The number of nitrogens with zero attached hydrogens (tertiary/aromatic N) is 2. The van der Waals surface area contributed by atoms with Crippen molar-refractivity contribution in [3.63, 3.8) is 0 Å². The SMILES string of the molecule is CN(C)C1CCC(c2nc3c(C(N)=O)cccc3[nH]2)CC1. The highest BCUT2D eigenvalue weighted by Crippen LogP contribution is 2.34. The van der Waals surface area contributed by atoms with Gasteiger partial charge in [-0.3, -0.25) is 4.79 Å². The molecule has 0 saturated heterocycles. The lowest BCUT2D eigenvalue weighted by Gasteiger charge is -2.31. The lowest BCUT2D eigenvalue weighted by Crippen LogP contribution is -2.31. The fourth-order valence-corrected chi connectivity index (χ4v) is 3.31. The molecule has 1 aliphatic rings. The Balaban J connectivity index is 1.86. The number of hydrogen-bond acceptors (Lipinski definition) is 3. The highest BCUT2D eigenvalue weighted by molar-refractivity contribution is 6.04. The zero-order valence-corrected chi connectivity index (χ0v) is 12.6. The van der Waals surface area contributed by atoms with Crippen molar-refractivity contribution < 1.29 is 4.79 Å². The first-order chi connectivity index (χ1) is 10.1. The topological polar surface area (TPSA) is 75.0 Å². The number of H-pyrrole nitrogens is 1. The molecule has 1 fully saturated rings. The molecule has 0 atom stereocenters. The molecule has 5 heteroatoms. The number of fused-ring (bicyclic) bond motifs is 1. The van der Waals surface area contributed by atoms with Crippen LogP contribution < -0.4 is 5.73 Å². The highest BCUT2D eigenvalue weighted by atomic mass is 16.1. The van der Waals surface area contributed by atoms with Crippen molar-refractivity contribution >= 4 is 16.9 Å². The minimum absolute atomic E-state index is 0.421. The molecule has 5 nitrogen and oxygen atoms in total. The molecular weight excluding hydrogens is 264 g/mol. The summed E-state index contributed by atoms with van der Waals surface area (Å²) in [7, 11) is 4.29. The average Bonchev–Trinajstić information content (AvgIpc) is 2.90. The van der Waals surface area contributed by atoms with Crippen LogP contribution in [0, 0.1) is 0 Å².